The second kappa shape index (κ2) is 12.3. The van der Waals surface area contributed by atoms with Gasteiger partial charge in [0.2, 0.25) is 17.7 Å². The van der Waals surface area contributed by atoms with Crippen molar-refractivity contribution >= 4 is 35.5 Å². The summed E-state index contributed by atoms with van der Waals surface area (Å²) in [6.07, 6.45) is 5.62. The maximum absolute atomic E-state index is 13.0. The van der Waals surface area contributed by atoms with Gasteiger partial charge >= 0.3 is 5.97 Å². The molecule has 0 saturated carbocycles. The Morgan fingerprint density at radius 2 is 1.87 bits per heavy atom. The van der Waals surface area contributed by atoms with E-state index in [-0.39, 0.29) is 23.8 Å². The van der Waals surface area contributed by atoms with Gasteiger partial charge in [0.25, 0.3) is 0 Å². The first-order valence-electron chi connectivity index (χ1n) is 11.1. The lowest BCUT2D eigenvalue weighted by molar-refractivity contribution is -0.143. The number of carbonyl (C=O) groups excluding carboxylic acids is 3. The van der Waals surface area contributed by atoms with Crippen LogP contribution < -0.4 is 16.0 Å². The molecule has 2 fully saturated rings. The van der Waals surface area contributed by atoms with Crippen LogP contribution in [0.4, 0.5) is 0 Å². The van der Waals surface area contributed by atoms with Gasteiger partial charge in [-0.2, -0.15) is 11.8 Å². The molecule has 0 spiro atoms. The Morgan fingerprint density at radius 1 is 1.13 bits per heavy atom. The largest absolute Gasteiger partial charge is 0.480 e. The second-order valence-corrected chi connectivity index (χ2v) is 9.70. The van der Waals surface area contributed by atoms with Gasteiger partial charge in [-0.05, 0) is 63.0 Å². The number of carbonyl (C=O) groups is 4. The van der Waals surface area contributed by atoms with Crippen LogP contribution in [0.25, 0.3) is 0 Å². The summed E-state index contributed by atoms with van der Waals surface area (Å²) >= 11 is 1.54. The average molecular weight is 457 g/mol. The first kappa shape index (κ1) is 25.5. The zero-order chi connectivity index (χ0) is 23.0. The third kappa shape index (κ3) is 7.38. The number of carboxylic acid groups (broad SMARTS) is 1. The van der Waals surface area contributed by atoms with E-state index in [1.807, 2.05) is 20.1 Å². The number of amides is 3. The van der Waals surface area contributed by atoms with Crippen LogP contribution in [0.5, 0.6) is 0 Å². The minimum atomic E-state index is -1.09. The molecule has 0 radical (unpaired) electrons. The molecule has 31 heavy (non-hydrogen) atoms. The first-order valence-corrected chi connectivity index (χ1v) is 12.5. The van der Waals surface area contributed by atoms with E-state index in [0.717, 1.165) is 25.8 Å². The third-order valence-corrected chi connectivity index (χ3v) is 6.41. The van der Waals surface area contributed by atoms with E-state index in [9.17, 15) is 24.3 Å². The predicted molar refractivity (Wildman–Crippen MR) is 120 cm³/mol. The number of hydrogen-bond donors (Lipinski definition) is 4. The summed E-state index contributed by atoms with van der Waals surface area (Å²) in [6, 6.07) is -2.67. The van der Waals surface area contributed by atoms with Crippen molar-refractivity contribution in [2.24, 2.45) is 5.92 Å². The van der Waals surface area contributed by atoms with E-state index >= 15 is 0 Å². The molecule has 0 aromatic rings. The summed E-state index contributed by atoms with van der Waals surface area (Å²) in [5.74, 6) is -1.25. The molecule has 0 bridgehead atoms. The minimum absolute atomic E-state index is 0.0526. The summed E-state index contributed by atoms with van der Waals surface area (Å²) in [4.78, 5) is 51.8. The maximum Gasteiger partial charge on any atom is 0.326 e. The Kier molecular flexibility index (Phi) is 10.1. The van der Waals surface area contributed by atoms with Crippen molar-refractivity contribution in [2.75, 3.05) is 25.1 Å². The quantitative estimate of drug-likeness (QED) is 0.358. The third-order valence-electron chi connectivity index (χ3n) is 5.76. The highest BCUT2D eigenvalue weighted by Crippen LogP contribution is 2.21. The lowest BCUT2D eigenvalue weighted by atomic mass is 10.0. The Labute approximate surface area is 188 Å². The fourth-order valence-electron chi connectivity index (χ4n) is 4.14. The summed E-state index contributed by atoms with van der Waals surface area (Å²) in [5.41, 5.74) is 0. The number of nitrogens with one attached hydrogen (secondary N) is 3. The molecule has 176 valence electrons. The molecule has 2 saturated heterocycles. The van der Waals surface area contributed by atoms with E-state index in [2.05, 4.69) is 16.0 Å². The van der Waals surface area contributed by atoms with Crippen LogP contribution in [-0.2, 0) is 19.2 Å². The molecular formula is C21H36N4O5S. The number of likely N-dealkylation sites (tertiary alicyclic amines) is 1. The highest BCUT2D eigenvalue weighted by atomic mass is 32.2. The lowest BCUT2D eigenvalue weighted by Gasteiger charge is -2.28. The van der Waals surface area contributed by atoms with E-state index in [1.165, 1.54) is 0 Å². The molecule has 4 atom stereocenters. The standard InChI is InChI=1S/C21H36N4O5S/c1-13(2)12-16(21(29)30)24-18(26)14(8-11-31-3)23-19(27)17-7-5-10-25(17)20(28)15-6-4-9-22-15/h13-17,22H,4-12H2,1-3H3,(H,23,27)(H,24,26)(H,29,30). The van der Waals surface area contributed by atoms with Crippen molar-refractivity contribution in [3.05, 3.63) is 0 Å². The molecule has 2 rings (SSSR count). The highest BCUT2D eigenvalue weighted by molar-refractivity contribution is 7.98. The summed E-state index contributed by atoms with van der Waals surface area (Å²) in [6.45, 7) is 5.12. The fourth-order valence-corrected chi connectivity index (χ4v) is 4.61. The van der Waals surface area contributed by atoms with Crippen molar-refractivity contribution in [3.8, 4) is 0 Å². The molecule has 10 heteroatoms. The van der Waals surface area contributed by atoms with Gasteiger partial charge in [-0.15, -0.1) is 0 Å². The normalized spacial score (nSPS) is 22.9. The number of hydrogen-bond acceptors (Lipinski definition) is 6. The zero-order valence-corrected chi connectivity index (χ0v) is 19.5. The summed E-state index contributed by atoms with van der Waals surface area (Å²) in [7, 11) is 0. The Balaban J connectivity index is 2.04. The average Bonchev–Trinajstić information content (AvgIpc) is 3.41. The van der Waals surface area contributed by atoms with Crippen LogP contribution in [0.2, 0.25) is 0 Å². The van der Waals surface area contributed by atoms with Gasteiger partial charge < -0.3 is 26.0 Å². The predicted octanol–water partition coefficient (Wildman–Crippen LogP) is 0.583. The Bertz CT molecular complexity index is 654. The molecule has 4 unspecified atom stereocenters. The van der Waals surface area contributed by atoms with Gasteiger partial charge in [-0.25, -0.2) is 4.79 Å². The SMILES string of the molecule is CSCCC(NC(=O)C1CCCN1C(=O)C1CCCN1)C(=O)NC(CC(C)C)C(=O)O. The molecule has 2 aliphatic rings. The smallest absolute Gasteiger partial charge is 0.326 e. The number of nitrogens with zero attached hydrogens (tertiary/aromatic N) is 1. The lowest BCUT2D eigenvalue weighted by Crippen LogP contribution is -2.56. The zero-order valence-electron chi connectivity index (χ0n) is 18.7. The van der Waals surface area contributed by atoms with Gasteiger partial charge in [0.1, 0.15) is 18.1 Å². The van der Waals surface area contributed by atoms with E-state index < -0.39 is 30.0 Å². The van der Waals surface area contributed by atoms with Crippen LogP contribution in [0, 0.1) is 5.92 Å². The molecule has 2 heterocycles. The van der Waals surface area contributed by atoms with E-state index in [1.54, 1.807) is 16.7 Å². The minimum Gasteiger partial charge on any atom is -0.480 e. The van der Waals surface area contributed by atoms with Crippen LogP contribution >= 0.6 is 11.8 Å². The van der Waals surface area contributed by atoms with Crippen molar-refractivity contribution in [2.45, 2.75) is 76.5 Å². The van der Waals surface area contributed by atoms with Gasteiger partial charge in [0.05, 0.1) is 6.04 Å². The van der Waals surface area contributed by atoms with Crippen molar-refractivity contribution in [3.63, 3.8) is 0 Å². The Morgan fingerprint density at radius 3 is 2.45 bits per heavy atom. The molecule has 4 N–H and O–H groups in total. The first-order chi connectivity index (χ1) is 14.7. The van der Waals surface area contributed by atoms with Gasteiger partial charge in [-0.1, -0.05) is 13.8 Å². The number of thioether (sulfide) groups is 1. The molecule has 0 aliphatic carbocycles. The van der Waals surface area contributed by atoms with Gasteiger partial charge in [-0.3, -0.25) is 14.4 Å². The topological polar surface area (TPSA) is 128 Å². The van der Waals surface area contributed by atoms with E-state index in [4.69, 9.17) is 0 Å². The van der Waals surface area contributed by atoms with Crippen molar-refractivity contribution in [1.29, 1.82) is 0 Å². The molecule has 0 aromatic heterocycles. The maximum atomic E-state index is 13.0. The molecule has 3 amide bonds. The van der Waals surface area contributed by atoms with Gasteiger partial charge in [0, 0.05) is 6.54 Å². The number of aliphatic carboxylic acids is 1. The summed E-state index contributed by atoms with van der Waals surface area (Å²) < 4.78 is 0. The Hall–Kier alpha value is -1.81. The second-order valence-electron chi connectivity index (χ2n) is 8.71. The molecular weight excluding hydrogens is 420 g/mol. The van der Waals surface area contributed by atoms with E-state index in [0.29, 0.717) is 31.6 Å². The number of rotatable bonds is 11. The van der Waals surface area contributed by atoms with Gasteiger partial charge in [0.15, 0.2) is 0 Å². The van der Waals surface area contributed by atoms with Crippen molar-refractivity contribution < 1.29 is 24.3 Å². The number of carboxylic acids is 1. The molecule has 9 nitrogen and oxygen atoms in total. The highest BCUT2D eigenvalue weighted by Gasteiger charge is 2.39. The monoisotopic (exact) mass is 456 g/mol. The molecule has 0 aromatic carbocycles. The van der Waals surface area contributed by atoms with Crippen LogP contribution in [0.15, 0.2) is 0 Å². The van der Waals surface area contributed by atoms with Crippen LogP contribution in [0.1, 0.15) is 52.4 Å². The fraction of sp³-hybridized carbons (Fsp3) is 0.810. The molecule has 2 aliphatic heterocycles. The summed E-state index contributed by atoms with van der Waals surface area (Å²) in [5, 5.41) is 18.0. The van der Waals surface area contributed by atoms with Crippen LogP contribution in [0.3, 0.4) is 0 Å². The van der Waals surface area contributed by atoms with Crippen molar-refractivity contribution in [1.82, 2.24) is 20.9 Å². The van der Waals surface area contributed by atoms with Crippen LogP contribution in [-0.4, -0.2) is 83.0 Å².